The van der Waals surface area contributed by atoms with Gasteiger partial charge < -0.3 is 17.8 Å². The summed E-state index contributed by atoms with van der Waals surface area (Å²) >= 11 is 0. The van der Waals surface area contributed by atoms with Crippen molar-refractivity contribution in [2.45, 2.75) is 12.8 Å². The molecule has 1 aliphatic heterocycles. The Labute approximate surface area is 148 Å². The van der Waals surface area contributed by atoms with Gasteiger partial charge in [-0.05, 0) is 24.5 Å². The van der Waals surface area contributed by atoms with Gasteiger partial charge in [-0.2, -0.15) is 0 Å². The molecule has 0 aromatic heterocycles. The Hall–Kier alpha value is 0.251. The van der Waals surface area contributed by atoms with Crippen LogP contribution in [0.4, 0.5) is 18.6 Å². The fraction of sp³-hybridized carbons (Fsp3) is 0.333. The number of hydrogen-bond acceptors (Lipinski definition) is 1. The van der Waals surface area contributed by atoms with Crippen LogP contribution in [-0.2, 0) is 6.42 Å². The average Bonchev–Trinajstić information content (AvgIpc) is 2.28. The molecular weight excluding hydrogens is 265 g/mol. The first-order valence-electron chi connectivity index (χ1n) is 5.69. The fourth-order valence-corrected chi connectivity index (χ4v) is 2.12. The third-order valence-electron chi connectivity index (χ3n) is 3.06. The van der Waals surface area contributed by atoms with Crippen molar-refractivity contribution in [3.8, 4) is 0 Å². The Kier molecular flexibility index (Phi) is 5.99. The van der Waals surface area contributed by atoms with Gasteiger partial charge in [-0.15, -0.1) is 12.1 Å². The van der Waals surface area contributed by atoms with E-state index in [4.69, 9.17) is 0 Å². The Balaban J connectivity index is 0.00000162. The van der Waals surface area contributed by atoms with E-state index >= 15 is 0 Å². The molecule has 6 heteroatoms. The van der Waals surface area contributed by atoms with Crippen LogP contribution in [0, 0.1) is 0 Å². The van der Waals surface area contributed by atoms with E-state index in [9.17, 15) is 12.9 Å². The zero-order valence-corrected chi connectivity index (χ0v) is 13.6. The summed E-state index contributed by atoms with van der Waals surface area (Å²) in [7, 11) is 0. The van der Waals surface area contributed by atoms with Crippen LogP contribution < -0.4 is 56.3 Å². The van der Waals surface area contributed by atoms with Crippen LogP contribution in [-0.4, -0.2) is 20.1 Å². The zero-order valence-electron chi connectivity index (χ0n) is 10.5. The first-order chi connectivity index (χ1) is 7.98. The molecular formula is C12H14BF3KN. The van der Waals surface area contributed by atoms with E-state index in [1.54, 1.807) is 4.90 Å². The summed E-state index contributed by atoms with van der Waals surface area (Å²) < 4.78 is 37.5. The Morgan fingerprint density at radius 2 is 1.94 bits per heavy atom. The van der Waals surface area contributed by atoms with Gasteiger partial charge in [0.05, 0.1) is 0 Å². The number of aryl methyl sites for hydroxylation is 1. The second-order valence-corrected chi connectivity index (χ2v) is 4.39. The number of benzene rings is 1. The summed E-state index contributed by atoms with van der Waals surface area (Å²) in [4.78, 5) is 1.77. The molecule has 0 N–H and O–H groups in total. The molecule has 0 saturated heterocycles. The van der Waals surface area contributed by atoms with Gasteiger partial charge in [0.1, 0.15) is 0 Å². The first kappa shape index (κ1) is 16.3. The smallest absolute Gasteiger partial charge is 0.445 e. The summed E-state index contributed by atoms with van der Waals surface area (Å²) in [6, 6.07) is 7.64. The van der Waals surface area contributed by atoms with Crippen LogP contribution in [0.5, 0.6) is 0 Å². The predicted octanol–water partition coefficient (Wildman–Crippen LogP) is 0.386. The summed E-state index contributed by atoms with van der Waals surface area (Å²) in [5.74, 6) is 0. The van der Waals surface area contributed by atoms with Crippen molar-refractivity contribution in [2.75, 3.05) is 18.0 Å². The summed E-state index contributed by atoms with van der Waals surface area (Å²) in [5.41, 5.74) is 1.42. The van der Waals surface area contributed by atoms with Crippen molar-refractivity contribution >= 4 is 12.7 Å². The Morgan fingerprint density at radius 3 is 2.61 bits per heavy atom. The van der Waals surface area contributed by atoms with Crippen LogP contribution in [0.15, 0.2) is 36.3 Å². The van der Waals surface area contributed by atoms with Gasteiger partial charge in [0.2, 0.25) is 0 Å². The number of nitrogens with zero attached hydrogens (tertiary/aromatic N) is 1. The number of hydrogen-bond donors (Lipinski definition) is 0. The van der Waals surface area contributed by atoms with E-state index in [2.05, 4.69) is 6.58 Å². The minimum Gasteiger partial charge on any atom is -0.445 e. The SMILES string of the molecule is C=C(CN1CCCc2ccccc21)[B-](F)(F)F.[K+]. The van der Waals surface area contributed by atoms with Crippen LogP contribution in [0.25, 0.3) is 0 Å². The quantitative estimate of drug-likeness (QED) is 0.723. The normalized spacial score (nSPS) is 14.7. The monoisotopic (exact) mass is 279 g/mol. The maximum absolute atomic E-state index is 12.5. The fourth-order valence-electron chi connectivity index (χ4n) is 2.12. The molecule has 0 atom stereocenters. The maximum atomic E-state index is 12.5. The van der Waals surface area contributed by atoms with Crippen molar-refractivity contribution in [1.82, 2.24) is 0 Å². The molecule has 2 rings (SSSR count). The van der Waals surface area contributed by atoms with Gasteiger partial charge in [-0.3, -0.25) is 0 Å². The van der Waals surface area contributed by atoms with E-state index in [1.165, 1.54) is 0 Å². The molecule has 0 saturated carbocycles. The summed E-state index contributed by atoms with van der Waals surface area (Å²) in [6.07, 6.45) is 1.84. The number of anilines is 1. The van der Waals surface area contributed by atoms with Gasteiger partial charge in [-0.1, -0.05) is 18.2 Å². The molecule has 0 radical (unpaired) electrons. The Morgan fingerprint density at radius 1 is 1.28 bits per heavy atom. The van der Waals surface area contributed by atoms with Gasteiger partial charge in [0.25, 0.3) is 0 Å². The van der Waals surface area contributed by atoms with Gasteiger partial charge in [0.15, 0.2) is 0 Å². The zero-order chi connectivity index (χ0) is 12.5. The average molecular weight is 279 g/mol. The van der Waals surface area contributed by atoms with Crippen LogP contribution in [0.3, 0.4) is 0 Å². The van der Waals surface area contributed by atoms with E-state index in [-0.39, 0.29) is 57.9 Å². The first-order valence-corrected chi connectivity index (χ1v) is 5.69. The number of rotatable bonds is 3. The third-order valence-corrected chi connectivity index (χ3v) is 3.06. The Bertz CT molecular complexity index is 434. The molecule has 18 heavy (non-hydrogen) atoms. The van der Waals surface area contributed by atoms with Crippen molar-refractivity contribution in [3.63, 3.8) is 0 Å². The molecule has 1 nitrogen and oxygen atoms in total. The van der Waals surface area contributed by atoms with Gasteiger partial charge in [-0.25, -0.2) is 0 Å². The van der Waals surface area contributed by atoms with Crippen molar-refractivity contribution in [2.24, 2.45) is 0 Å². The molecule has 0 aliphatic carbocycles. The van der Waals surface area contributed by atoms with Gasteiger partial charge >= 0.3 is 58.4 Å². The van der Waals surface area contributed by atoms with E-state index in [0.29, 0.717) is 6.54 Å². The van der Waals surface area contributed by atoms with E-state index in [0.717, 1.165) is 24.1 Å². The second-order valence-electron chi connectivity index (χ2n) is 4.39. The van der Waals surface area contributed by atoms with E-state index in [1.807, 2.05) is 24.3 Å². The van der Waals surface area contributed by atoms with E-state index < -0.39 is 12.4 Å². The van der Waals surface area contributed by atoms with Crippen molar-refractivity contribution in [1.29, 1.82) is 0 Å². The minimum atomic E-state index is -4.93. The molecule has 92 valence electrons. The molecule has 1 heterocycles. The molecule has 0 bridgehead atoms. The maximum Gasteiger partial charge on any atom is 1.00 e. The minimum absolute atomic E-state index is 0. The standard InChI is InChI=1S/C12H14BF3N.K/c1-10(13(14,15)16)9-17-8-4-6-11-5-2-3-7-12(11)17;/h2-3,5,7H,1,4,6,8-9H2;/q-1;+1. The molecule has 1 aromatic carbocycles. The molecule has 1 aliphatic rings. The van der Waals surface area contributed by atoms with Gasteiger partial charge in [0, 0.05) is 18.8 Å². The third kappa shape index (κ3) is 3.87. The number of halogens is 3. The number of para-hydroxylation sites is 1. The number of fused-ring (bicyclic) bond motifs is 1. The predicted molar refractivity (Wildman–Crippen MR) is 65.2 cm³/mol. The molecule has 0 unspecified atom stereocenters. The second kappa shape index (κ2) is 6.61. The largest absolute Gasteiger partial charge is 1.00 e. The van der Waals surface area contributed by atoms with Crippen molar-refractivity contribution < 1.29 is 64.3 Å². The topological polar surface area (TPSA) is 3.24 Å². The summed E-state index contributed by atoms with van der Waals surface area (Å²) in [6.45, 7) is -1.22. The molecule has 0 spiro atoms. The summed E-state index contributed by atoms with van der Waals surface area (Å²) in [5, 5.41) is 0. The van der Waals surface area contributed by atoms with Crippen LogP contribution in [0.2, 0.25) is 0 Å². The van der Waals surface area contributed by atoms with Crippen molar-refractivity contribution in [3.05, 3.63) is 41.9 Å². The molecule has 0 amide bonds. The van der Waals surface area contributed by atoms with Crippen LogP contribution >= 0.6 is 0 Å². The molecule has 0 fully saturated rings. The van der Waals surface area contributed by atoms with Crippen LogP contribution in [0.1, 0.15) is 12.0 Å². The molecule has 1 aromatic rings.